The molecule has 0 unspecified atom stereocenters. The summed E-state index contributed by atoms with van der Waals surface area (Å²) >= 11 is 0. The molecule has 7 heteroatoms. The fraction of sp³-hybridized carbons (Fsp3) is 0.438. The van der Waals surface area contributed by atoms with Crippen molar-refractivity contribution in [3.63, 3.8) is 0 Å². The summed E-state index contributed by atoms with van der Waals surface area (Å²) in [5.74, 6) is 0.369. The molecule has 7 nitrogen and oxygen atoms in total. The molecule has 1 saturated heterocycles. The highest BCUT2D eigenvalue weighted by atomic mass is 16.5. The molecule has 0 radical (unpaired) electrons. The number of nitrogens with two attached hydrogens (primary N) is 1. The van der Waals surface area contributed by atoms with E-state index in [2.05, 4.69) is 15.3 Å². The molecule has 3 rings (SSSR count). The summed E-state index contributed by atoms with van der Waals surface area (Å²) in [4.78, 5) is 20.9. The first-order valence-corrected chi connectivity index (χ1v) is 7.62. The van der Waals surface area contributed by atoms with Crippen molar-refractivity contribution in [2.24, 2.45) is 5.73 Å². The Hall–Kier alpha value is -2.25. The van der Waals surface area contributed by atoms with Gasteiger partial charge in [0.25, 0.3) is 0 Å². The maximum Gasteiger partial charge on any atom is 0.227 e. The molecule has 2 aromatic heterocycles. The van der Waals surface area contributed by atoms with Crippen LogP contribution in [0, 0.1) is 0 Å². The van der Waals surface area contributed by atoms with Crippen LogP contribution in [-0.4, -0.2) is 41.7 Å². The van der Waals surface area contributed by atoms with Crippen LogP contribution in [0.25, 0.3) is 11.0 Å². The number of nitrogens with zero attached hydrogens (tertiary/aromatic N) is 2. The topological polar surface area (TPSA) is 99.4 Å². The first kappa shape index (κ1) is 15.6. The minimum absolute atomic E-state index is 0.0783. The molecule has 2 aromatic rings. The zero-order valence-corrected chi connectivity index (χ0v) is 13.0. The van der Waals surface area contributed by atoms with Crippen LogP contribution in [0.4, 0.5) is 5.69 Å². The van der Waals surface area contributed by atoms with E-state index in [1.807, 2.05) is 6.07 Å². The average molecular weight is 316 g/mol. The summed E-state index contributed by atoms with van der Waals surface area (Å²) in [6.07, 6.45) is 3.56. The Kier molecular flexibility index (Phi) is 4.68. The Bertz CT molecular complexity index is 699. The number of anilines is 1. The quantitative estimate of drug-likeness (QED) is 0.886. The number of aromatic nitrogens is 2. The lowest BCUT2D eigenvalue weighted by molar-refractivity contribution is -0.120. The summed E-state index contributed by atoms with van der Waals surface area (Å²) in [7, 11) is 1.55. The average Bonchev–Trinajstić information content (AvgIpc) is 2.57. The van der Waals surface area contributed by atoms with Gasteiger partial charge in [-0.15, -0.1) is 0 Å². The van der Waals surface area contributed by atoms with Crippen LogP contribution in [0.15, 0.2) is 24.4 Å². The van der Waals surface area contributed by atoms with Gasteiger partial charge in [-0.1, -0.05) is 0 Å². The number of ether oxygens (including phenoxy) is 2. The minimum Gasteiger partial charge on any atom is -0.481 e. The van der Waals surface area contributed by atoms with Crippen LogP contribution >= 0.6 is 0 Å². The van der Waals surface area contributed by atoms with E-state index < -0.39 is 0 Å². The number of pyridine rings is 2. The Labute approximate surface area is 134 Å². The second-order valence-electron chi connectivity index (χ2n) is 5.62. The summed E-state index contributed by atoms with van der Waals surface area (Å²) in [5.41, 5.74) is 7.71. The largest absolute Gasteiger partial charge is 0.481 e. The van der Waals surface area contributed by atoms with Gasteiger partial charge in [-0.3, -0.25) is 9.78 Å². The molecule has 1 amide bonds. The number of amides is 1. The normalized spacial score (nSPS) is 21.1. The molecule has 1 aliphatic heterocycles. The third-order valence-corrected chi connectivity index (χ3v) is 3.86. The molecule has 3 heterocycles. The first-order valence-electron chi connectivity index (χ1n) is 7.62. The van der Waals surface area contributed by atoms with E-state index >= 15 is 0 Å². The lowest BCUT2D eigenvalue weighted by atomic mass is 10.0. The van der Waals surface area contributed by atoms with E-state index in [1.54, 1.807) is 25.4 Å². The third-order valence-electron chi connectivity index (χ3n) is 3.86. The van der Waals surface area contributed by atoms with Crippen molar-refractivity contribution in [2.45, 2.75) is 31.4 Å². The van der Waals surface area contributed by atoms with Gasteiger partial charge in [-0.2, -0.15) is 0 Å². The van der Waals surface area contributed by atoms with E-state index in [4.69, 9.17) is 15.2 Å². The second-order valence-corrected chi connectivity index (χ2v) is 5.62. The van der Waals surface area contributed by atoms with Crippen LogP contribution in [-0.2, 0) is 9.53 Å². The van der Waals surface area contributed by atoms with E-state index in [9.17, 15) is 4.79 Å². The molecule has 2 atom stereocenters. The van der Waals surface area contributed by atoms with Crippen molar-refractivity contribution in [2.75, 3.05) is 19.0 Å². The van der Waals surface area contributed by atoms with E-state index in [0.717, 1.165) is 12.8 Å². The summed E-state index contributed by atoms with van der Waals surface area (Å²) in [6, 6.07) is 5.35. The predicted molar refractivity (Wildman–Crippen MR) is 86.3 cm³/mol. The minimum atomic E-state index is -0.109. The number of carbonyl (C=O) groups excluding carboxylic acids is 1. The van der Waals surface area contributed by atoms with Gasteiger partial charge in [0.1, 0.15) is 5.52 Å². The fourth-order valence-corrected chi connectivity index (χ4v) is 2.62. The molecule has 1 aliphatic rings. The zero-order valence-electron chi connectivity index (χ0n) is 13.0. The Balaban J connectivity index is 1.71. The van der Waals surface area contributed by atoms with Gasteiger partial charge in [0.05, 0.1) is 37.4 Å². The van der Waals surface area contributed by atoms with Crippen molar-refractivity contribution in [1.82, 2.24) is 9.97 Å². The number of nitrogens with one attached hydrogen (secondary N) is 1. The fourth-order valence-electron chi connectivity index (χ4n) is 2.62. The number of rotatable bonds is 4. The van der Waals surface area contributed by atoms with Crippen molar-refractivity contribution >= 4 is 22.6 Å². The molecule has 0 saturated carbocycles. The SMILES string of the molecule is COc1ccc2nccc(NC(=O)C[C@@H]3CC[C@@H](N)CO3)c2n1. The molecular weight excluding hydrogens is 296 g/mol. The number of methoxy groups -OCH3 is 1. The van der Waals surface area contributed by atoms with Crippen LogP contribution < -0.4 is 15.8 Å². The monoisotopic (exact) mass is 316 g/mol. The van der Waals surface area contributed by atoms with Crippen molar-refractivity contribution < 1.29 is 14.3 Å². The molecule has 1 fully saturated rings. The number of hydrogen-bond acceptors (Lipinski definition) is 6. The molecule has 3 N–H and O–H groups in total. The highest BCUT2D eigenvalue weighted by Gasteiger charge is 2.22. The lowest BCUT2D eigenvalue weighted by Crippen LogP contribution is -2.36. The maximum atomic E-state index is 12.3. The van der Waals surface area contributed by atoms with Crippen LogP contribution in [0.3, 0.4) is 0 Å². The van der Waals surface area contributed by atoms with Gasteiger partial charge >= 0.3 is 0 Å². The van der Waals surface area contributed by atoms with Crippen LogP contribution in [0.1, 0.15) is 19.3 Å². The predicted octanol–water partition coefficient (Wildman–Crippen LogP) is 1.47. The van der Waals surface area contributed by atoms with Crippen molar-refractivity contribution in [3.8, 4) is 5.88 Å². The Morgan fingerprint density at radius 2 is 2.30 bits per heavy atom. The Morgan fingerprint density at radius 3 is 3.04 bits per heavy atom. The standard InChI is InChI=1S/C16H20N4O3/c1-22-15-5-4-12-16(20-15)13(6-7-18-12)19-14(21)8-11-3-2-10(17)9-23-11/h4-7,10-11H,2-3,8-9,17H2,1H3,(H,18,19,21)/t10-,11+/m1/s1. The smallest absolute Gasteiger partial charge is 0.227 e. The number of fused-ring (bicyclic) bond motifs is 1. The van der Waals surface area contributed by atoms with E-state index in [1.165, 1.54) is 0 Å². The highest BCUT2D eigenvalue weighted by molar-refractivity contribution is 5.99. The molecule has 0 aliphatic carbocycles. The van der Waals surface area contributed by atoms with Crippen LogP contribution in [0.5, 0.6) is 5.88 Å². The van der Waals surface area contributed by atoms with Crippen molar-refractivity contribution in [1.29, 1.82) is 0 Å². The lowest BCUT2D eigenvalue weighted by Gasteiger charge is -2.26. The number of hydrogen-bond donors (Lipinski definition) is 2. The third kappa shape index (κ3) is 3.75. The second kappa shape index (κ2) is 6.89. The zero-order chi connectivity index (χ0) is 16.2. The van der Waals surface area contributed by atoms with Gasteiger partial charge in [-0.25, -0.2) is 4.98 Å². The van der Waals surface area contributed by atoms with Gasteiger partial charge in [0, 0.05) is 18.3 Å². The Morgan fingerprint density at radius 1 is 1.43 bits per heavy atom. The first-order chi connectivity index (χ1) is 11.2. The summed E-state index contributed by atoms with van der Waals surface area (Å²) < 4.78 is 10.7. The summed E-state index contributed by atoms with van der Waals surface area (Å²) in [5, 5.41) is 2.89. The number of carbonyl (C=O) groups is 1. The summed E-state index contributed by atoms with van der Waals surface area (Å²) in [6.45, 7) is 0.509. The van der Waals surface area contributed by atoms with Gasteiger partial charge < -0.3 is 20.5 Å². The molecule has 0 bridgehead atoms. The van der Waals surface area contributed by atoms with Crippen molar-refractivity contribution in [3.05, 3.63) is 24.4 Å². The molecular formula is C16H20N4O3. The molecule has 0 aromatic carbocycles. The van der Waals surface area contributed by atoms with Gasteiger partial charge in [0.15, 0.2) is 0 Å². The van der Waals surface area contributed by atoms with Crippen LogP contribution in [0.2, 0.25) is 0 Å². The van der Waals surface area contributed by atoms with E-state index in [0.29, 0.717) is 35.6 Å². The maximum absolute atomic E-state index is 12.3. The molecule has 122 valence electrons. The molecule has 0 spiro atoms. The molecule has 23 heavy (non-hydrogen) atoms. The highest BCUT2D eigenvalue weighted by Crippen LogP contribution is 2.23. The van der Waals surface area contributed by atoms with E-state index in [-0.39, 0.29) is 18.1 Å². The van der Waals surface area contributed by atoms with Gasteiger partial charge in [-0.05, 0) is 25.0 Å². The van der Waals surface area contributed by atoms with Gasteiger partial charge in [0.2, 0.25) is 11.8 Å².